The number of nitrogens with zero attached hydrogens (tertiary/aromatic N) is 3. The summed E-state index contributed by atoms with van der Waals surface area (Å²) in [6, 6.07) is 2.01. The predicted octanol–water partition coefficient (Wildman–Crippen LogP) is 2.06. The molecule has 1 aliphatic heterocycles. The molecule has 0 saturated heterocycles. The van der Waals surface area contributed by atoms with Gasteiger partial charge < -0.3 is 5.32 Å². The summed E-state index contributed by atoms with van der Waals surface area (Å²) in [5.41, 5.74) is 5.88. The SMILES string of the molecule is CCc1cnccc1-c1nc(C)c2c(n1)CNCC2. The van der Waals surface area contributed by atoms with E-state index in [-0.39, 0.29) is 0 Å². The molecule has 4 heteroatoms. The van der Waals surface area contributed by atoms with Crippen LogP contribution in [0.3, 0.4) is 0 Å². The molecule has 0 atom stereocenters. The number of aromatic nitrogens is 3. The minimum atomic E-state index is 0.833. The summed E-state index contributed by atoms with van der Waals surface area (Å²) in [6.45, 7) is 6.08. The van der Waals surface area contributed by atoms with E-state index in [1.54, 1.807) is 0 Å². The maximum absolute atomic E-state index is 4.75. The lowest BCUT2D eigenvalue weighted by Crippen LogP contribution is -2.26. The van der Waals surface area contributed by atoms with Crippen molar-refractivity contribution in [1.82, 2.24) is 20.3 Å². The monoisotopic (exact) mass is 254 g/mol. The molecule has 0 bridgehead atoms. The molecule has 0 unspecified atom stereocenters. The summed E-state index contributed by atoms with van der Waals surface area (Å²) >= 11 is 0. The van der Waals surface area contributed by atoms with Gasteiger partial charge >= 0.3 is 0 Å². The second kappa shape index (κ2) is 5.05. The fraction of sp³-hybridized carbons (Fsp3) is 0.400. The van der Waals surface area contributed by atoms with Crippen LogP contribution in [0.15, 0.2) is 18.5 Å². The lowest BCUT2D eigenvalue weighted by molar-refractivity contribution is 0.620. The Morgan fingerprint density at radius 3 is 3.05 bits per heavy atom. The Labute approximate surface area is 113 Å². The molecule has 4 nitrogen and oxygen atoms in total. The van der Waals surface area contributed by atoms with E-state index >= 15 is 0 Å². The molecule has 0 saturated carbocycles. The van der Waals surface area contributed by atoms with Gasteiger partial charge in [-0.1, -0.05) is 6.92 Å². The molecule has 0 aromatic carbocycles. The Bertz CT molecular complexity index is 607. The van der Waals surface area contributed by atoms with Crippen molar-refractivity contribution < 1.29 is 0 Å². The summed E-state index contributed by atoms with van der Waals surface area (Å²) in [5, 5.41) is 3.37. The van der Waals surface area contributed by atoms with Gasteiger partial charge in [0.2, 0.25) is 0 Å². The van der Waals surface area contributed by atoms with Crippen LogP contribution in [0.1, 0.15) is 29.4 Å². The summed E-state index contributed by atoms with van der Waals surface area (Å²) < 4.78 is 0. The van der Waals surface area contributed by atoms with Crippen LogP contribution in [0.2, 0.25) is 0 Å². The molecule has 2 aromatic heterocycles. The highest BCUT2D eigenvalue weighted by atomic mass is 15.0. The minimum absolute atomic E-state index is 0.833. The van der Waals surface area contributed by atoms with Crippen molar-refractivity contribution in [2.45, 2.75) is 33.2 Å². The van der Waals surface area contributed by atoms with E-state index in [1.807, 2.05) is 18.5 Å². The van der Waals surface area contributed by atoms with Crippen molar-refractivity contribution in [2.75, 3.05) is 6.54 Å². The molecular formula is C15H18N4. The second-order valence-electron chi connectivity index (χ2n) is 4.87. The number of pyridine rings is 1. The number of fused-ring (bicyclic) bond motifs is 1. The van der Waals surface area contributed by atoms with Gasteiger partial charge in [0.15, 0.2) is 5.82 Å². The highest BCUT2D eigenvalue weighted by Crippen LogP contribution is 2.23. The van der Waals surface area contributed by atoms with Crippen molar-refractivity contribution in [3.8, 4) is 11.4 Å². The largest absolute Gasteiger partial charge is 0.311 e. The topological polar surface area (TPSA) is 50.7 Å². The van der Waals surface area contributed by atoms with Gasteiger partial charge in [-0.25, -0.2) is 9.97 Å². The number of nitrogens with one attached hydrogen (secondary N) is 1. The smallest absolute Gasteiger partial charge is 0.160 e. The van der Waals surface area contributed by atoms with Crippen LogP contribution < -0.4 is 5.32 Å². The fourth-order valence-electron chi connectivity index (χ4n) is 2.59. The molecule has 19 heavy (non-hydrogen) atoms. The molecule has 2 aromatic rings. The zero-order valence-corrected chi connectivity index (χ0v) is 11.4. The molecule has 0 amide bonds. The molecule has 0 radical (unpaired) electrons. The van der Waals surface area contributed by atoms with E-state index in [2.05, 4.69) is 24.1 Å². The standard InChI is InChI=1S/C15H18N4/c1-3-11-8-16-7-5-13(11)15-18-10(2)12-4-6-17-9-14(12)19-15/h5,7-8,17H,3-4,6,9H2,1-2H3. The van der Waals surface area contributed by atoms with Crippen LogP contribution in [0.4, 0.5) is 0 Å². The third-order valence-corrected chi connectivity index (χ3v) is 3.67. The predicted molar refractivity (Wildman–Crippen MR) is 74.8 cm³/mol. The van der Waals surface area contributed by atoms with Gasteiger partial charge in [-0.15, -0.1) is 0 Å². The van der Waals surface area contributed by atoms with Gasteiger partial charge in [0, 0.05) is 30.2 Å². The van der Waals surface area contributed by atoms with Crippen LogP contribution in [-0.4, -0.2) is 21.5 Å². The van der Waals surface area contributed by atoms with Crippen molar-refractivity contribution >= 4 is 0 Å². The molecule has 1 N–H and O–H groups in total. The Morgan fingerprint density at radius 2 is 2.21 bits per heavy atom. The summed E-state index contributed by atoms with van der Waals surface area (Å²) in [6.07, 6.45) is 5.69. The van der Waals surface area contributed by atoms with E-state index in [1.165, 1.54) is 11.1 Å². The van der Waals surface area contributed by atoms with Crippen LogP contribution in [0.5, 0.6) is 0 Å². The molecule has 3 rings (SSSR count). The first-order valence-electron chi connectivity index (χ1n) is 6.80. The van der Waals surface area contributed by atoms with Crippen LogP contribution in [0.25, 0.3) is 11.4 Å². The minimum Gasteiger partial charge on any atom is -0.311 e. The second-order valence-corrected chi connectivity index (χ2v) is 4.87. The van der Waals surface area contributed by atoms with Crippen molar-refractivity contribution in [3.05, 3.63) is 41.0 Å². The lowest BCUT2D eigenvalue weighted by Gasteiger charge is -2.19. The maximum atomic E-state index is 4.75. The first-order chi connectivity index (χ1) is 9.29. The molecule has 3 heterocycles. The van der Waals surface area contributed by atoms with Crippen LogP contribution in [0, 0.1) is 6.92 Å². The zero-order chi connectivity index (χ0) is 13.2. The molecule has 0 aliphatic carbocycles. The normalized spacial score (nSPS) is 14.2. The van der Waals surface area contributed by atoms with Crippen LogP contribution >= 0.6 is 0 Å². The summed E-state index contributed by atoms with van der Waals surface area (Å²) in [4.78, 5) is 13.6. The van der Waals surface area contributed by atoms with E-state index in [0.29, 0.717) is 0 Å². The van der Waals surface area contributed by atoms with Gasteiger partial charge in [-0.2, -0.15) is 0 Å². The molecule has 98 valence electrons. The highest BCUT2D eigenvalue weighted by molar-refractivity contribution is 5.60. The van der Waals surface area contributed by atoms with E-state index in [0.717, 1.165) is 48.7 Å². The third kappa shape index (κ3) is 2.24. The number of hydrogen-bond donors (Lipinski definition) is 1. The van der Waals surface area contributed by atoms with E-state index in [9.17, 15) is 0 Å². The average Bonchev–Trinajstić information content (AvgIpc) is 2.47. The summed E-state index contributed by atoms with van der Waals surface area (Å²) in [7, 11) is 0. The Morgan fingerprint density at radius 1 is 1.32 bits per heavy atom. The van der Waals surface area contributed by atoms with Crippen molar-refractivity contribution in [2.24, 2.45) is 0 Å². The third-order valence-electron chi connectivity index (χ3n) is 3.67. The fourth-order valence-corrected chi connectivity index (χ4v) is 2.59. The highest BCUT2D eigenvalue weighted by Gasteiger charge is 2.16. The van der Waals surface area contributed by atoms with Gasteiger partial charge in [0.25, 0.3) is 0 Å². The van der Waals surface area contributed by atoms with Gasteiger partial charge in [-0.05, 0) is 43.5 Å². The molecule has 0 fully saturated rings. The van der Waals surface area contributed by atoms with Gasteiger partial charge in [0.05, 0.1) is 5.69 Å². The molecule has 0 spiro atoms. The summed E-state index contributed by atoms with van der Waals surface area (Å²) in [5.74, 6) is 0.833. The van der Waals surface area contributed by atoms with Gasteiger partial charge in [0.1, 0.15) is 0 Å². The van der Waals surface area contributed by atoms with Gasteiger partial charge in [-0.3, -0.25) is 4.98 Å². The van der Waals surface area contributed by atoms with Crippen molar-refractivity contribution in [3.63, 3.8) is 0 Å². The lowest BCUT2D eigenvalue weighted by atomic mass is 10.0. The van der Waals surface area contributed by atoms with Crippen LogP contribution in [-0.2, 0) is 19.4 Å². The Hall–Kier alpha value is -1.81. The first kappa shape index (κ1) is 12.2. The molecular weight excluding hydrogens is 236 g/mol. The maximum Gasteiger partial charge on any atom is 0.160 e. The quantitative estimate of drug-likeness (QED) is 0.891. The zero-order valence-electron chi connectivity index (χ0n) is 11.4. The molecule has 1 aliphatic rings. The van der Waals surface area contributed by atoms with E-state index < -0.39 is 0 Å². The van der Waals surface area contributed by atoms with E-state index in [4.69, 9.17) is 9.97 Å². The first-order valence-corrected chi connectivity index (χ1v) is 6.80. The number of rotatable bonds is 2. The number of hydrogen-bond acceptors (Lipinski definition) is 4. The number of aryl methyl sites for hydroxylation is 2. The Balaban J connectivity index is 2.13. The van der Waals surface area contributed by atoms with Crippen molar-refractivity contribution in [1.29, 1.82) is 0 Å². The Kier molecular flexibility index (Phi) is 3.25. The average molecular weight is 254 g/mol.